The van der Waals surface area contributed by atoms with Crippen LogP contribution in [-0.4, -0.2) is 29.8 Å². The average molecular weight is 442 g/mol. The van der Waals surface area contributed by atoms with Crippen molar-refractivity contribution >= 4 is 19.6 Å². The van der Waals surface area contributed by atoms with Crippen molar-refractivity contribution < 1.29 is 39.0 Å². The zero-order valence-electron chi connectivity index (χ0n) is 18.8. The van der Waals surface area contributed by atoms with Crippen LogP contribution in [0.1, 0.15) is 54.4 Å². The molecule has 2 aliphatic carbocycles. The third kappa shape index (κ3) is 32.5. The first-order valence-corrected chi connectivity index (χ1v) is 12.2. The van der Waals surface area contributed by atoms with E-state index in [2.05, 4.69) is 24.3 Å². The molecule has 0 aliphatic heterocycles. The van der Waals surface area contributed by atoms with E-state index in [4.69, 9.17) is 10.2 Å². The maximum atomic E-state index is 10.0. The van der Waals surface area contributed by atoms with Gasteiger partial charge < -0.3 is 25.1 Å². The molecule has 0 unspecified atom stereocenters. The molecule has 4 nitrogen and oxygen atoms in total. The van der Waals surface area contributed by atoms with Crippen LogP contribution in [0.25, 0.3) is 0 Å². The normalized spacial score (nSPS) is 12.0. The third-order valence-corrected chi connectivity index (χ3v) is 2.45. The first-order chi connectivity index (χ1) is 11.9. The number of allylic oxidation sites excluding steroid dienone is 8. The Bertz CT molecular complexity index is 442. The van der Waals surface area contributed by atoms with E-state index in [0.29, 0.717) is 0 Å². The minimum absolute atomic E-state index is 0. The first kappa shape index (κ1) is 37.6. The number of rotatable bonds is 0. The molecule has 28 heavy (non-hydrogen) atoms. The Morgan fingerprint density at radius 3 is 1.04 bits per heavy atom. The van der Waals surface area contributed by atoms with E-state index in [0.717, 1.165) is 12.8 Å². The Morgan fingerprint density at radius 2 is 1.00 bits per heavy atom. The Balaban J connectivity index is -0.0000000801. The van der Waals surface area contributed by atoms with Gasteiger partial charge in [0.25, 0.3) is 0 Å². The molecule has 0 saturated heterocycles. The Morgan fingerprint density at radius 1 is 0.786 bits per heavy atom. The summed E-state index contributed by atoms with van der Waals surface area (Å²) in [4.78, 5) is 20.0. The molecule has 6 heteroatoms. The summed E-state index contributed by atoms with van der Waals surface area (Å²) in [6.07, 6.45) is 20.0. The molecule has 2 N–H and O–H groups in total. The second kappa shape index (κ2) is 22.1. The fraction of sp³-hybridized carbons (Fsp3) is 0.455. The van der Waals surface area contributed by atoms with Gasteiger partial charge in [0.15, 0.2) is 0 Å². The monoisotopic (exact) mass is 442 g/mol. The predicted octanol–water partition coefficient (Wildman–Crippen LogP) is 4.83. The van der Waals surface area contributed by atoms with Crippen LogP contribution in [0.2, 0.25) is 0 Å². The standard InChI is InChI=1S/2C5H10O2.2C5H5.2CH3.H2Si.Ti/c2*1-5(2,3)4(6)7;2*1-2-4-5-3-1;;;;/h2*1-3H3,(H,6,7);2*1-3H,4H2;2*1H3;1H2;/q;;4*-1;;. The van der Waals surface area contributed by atoms with Crippen LogP contribution in [0.4, 0.5) is 0 Å². The minimum atomic E-state index is -0.757. The van der Waals surface area contributed by atoms with E-state index in [1.54, 1.807) is 41.5 Å². The molecule has 2 aliphatic rings. The van der Waals surface area contributed by atoms with E-state index in [1.807, 2.05) is 51.1 Å². The number of carbonyl (C=O) groups is 2. The first-order valence-electron chi connectivity index (χ1n) is 8.14. The second-order valence-corrected chi connectivity index (χ2v) is 7.12. The molecule has 0 aromatic carbocycles. The Labute approximate surface area is 186 Å². The predicted molar refractivity (Wildman–Crippen MR) is 119 cm³/mol. The van der Waals surface area contributed by atoms with Crippen molar-refractivity contribution in [1.29, 1.82) is 0 Å². The van der Waals surface area contributed by atoms with Crippen LogP contribution in [0, 0.1) is 37.8 Å². The Kier molecular flexibility index (Phi) is 29.7. The summed E-state index contributed by atoms with van der Waals surface area (Å²) in [5, 5.41) is 16.5. The summed E-state index contributed by atoms with van der Waals surface area (Å²) in [7, 11) is 1.86. The molecule has 0 bridgehead atoms. The van der Waals surface area contributed by atoms with Crippen LogP contribution >= 0.6 is 0 Å². The van der Waals surface area contributed by atoms with Crippen LogP contribution in [0.3, 0.4) is 0 Å². The molecule has 0 saturated carbocycles. The molecule has 0 heterocycles. The Hall–Kier alpha value is -1.17. The summed E-state index contributed by atoms with van der Waals surface area (Å²) in [6, 6.07) is 0. The summed E-state index contributed by atoms with van der Waals surface area (Å²) in [6.45, 7) is 9.97. The maximum absolute atomic E-state index is 10.0. The van der Waals surface area contributed by atoms with Crippen LogP contribution in [0.5, 0.6) is 0 Å². The van der Waals surface area contributed by atoms with Crippen LogP contribution in [0.15, 0.2) is 36.5 Å². The number of hydrogen-bond donors (Lipinski definition) is 2. The summed E-state index contributed by atoms with van der Waals surface area (Å²) in [5.41, 5.74) is -1.17. The quantitative estimate of drug-likeness (QED) is 0.416. The summed E-state index contributed by atoms with van der Waals surface area (Å²) in [5.74, 6) is -1.51. The van der Waals surface area contributed by atoms with Gasteiger partial charge in [0.1, 0.15) is 0 Å². The number of carboxylic acid groups (broad SMARTS) is 2. The van der Waals surface area contributed by atoms with Crippen molar-refractivity contribution in [3.05, 3.63) is 63.5 Å². The van der Waals surface area contributed by atoms with E-state index in [1.165, 1.54) is 0 Å². The van der Waals surface area contributed by atoms with Crippen molar-refractivity contribution in [2.24, 2.45) is 10.8 Å². The number of hydrogen-bond acceptors (Lipinski definition) is 2. The molecular formula is C22H38O4SiTi-4. The number of aliphatic carboxylic acids is 2. The zero-order chi connectivity index (χ0) is 21.2. The zero-order valence-corrected chi connectivity index (χ0v) is 21.8. The molecule has 0 aromatic heterocycles. The van der Waals surface area contributed by atoms with Crippen molar-refractivity contribution in [2.75, 3.05) is 0 Å². The summed E-state index contributed by atoms with van der Waals surface area (Å²) >= 11 is 2.03. The average Bonchev–Trinajstić information content (AvgIpc) is 3.27. The van der Waals surface area contributed by atoms with Gasteiger partial charge in [0, 0.05) is 0 Å². The van der Waals surface area contributed by atoms with Gasteiger partial charge in [-0.2, -0.15) is 12.2 Å². The molecule has 2 rings (SSSR count). The fourth-order valence-electron chi connectivity index (χ4n) is 0.680. The molecule has 0 atom stereocenters. The SMILES string of the molecule is CC(C)(C)C(=O)O.CC(C)(C)C(=O)O.[C-]1=CC=CC1.[C-]1=CC=CC1.[CH3-].[CH3-].[SiH2]=[Ti]. The van der Waals surface area contributed by atoms with Gasteiger partial charge >= 0.3 is 38.7 Å². The molecule has 0 spiro atoms. The van der Waals surface area contributed by atoms with E-state index < -0.39 is 22.8 Å². The molecule has 0 radical (unpaired) electrons. The van der Waals surface area contributed by atoms with E-state index in [9.17, 15) is 9.59 Å². The molecule has 162 valence electrons. The molecule has 0 fully saturated rings. The van der Waals surface area contributed by atoms with Gasteiger partial charge in [-0.05, 0) is 41.5 Å². The van der Waals surface area contributed by atoms with E-state index in [-0.39, 0.29) is 14.9 Å². The van der Waals surface area contributed by atoms with Gasteiger partial charge in [-0.25, -0.2) is 24.3 Å². The second-order valence-electron chi connectivity index (χ2n) is 7.12. The van der Waals surface area contributed by atoms with Crippen LogP contribution < -0.4 is 0 Å². The molecular weight excluding hydrogens is 404 g/mol. The molecule has 0 amide bonds. The van der Waals surface area contributed by atoms with Crippen molar-refractivity contribution in [3.63, 3.8) is 0 Å². The van der Waals surface area contributed by atoms with E-state index >= 15 is 0 Å². The van der Waals surface area contributed by atoms with Crippen molar-refractivity contribution in [2.45, 2.75) is 54.4 Å². The van der Waals surface area contributed by atoms with Gasteiger partial charge in [-0.15, -0.1) is 12.8 Å². The van der Waals surface area contributed by atoms with Crippen molar-refractivity contribution in [1.82, 2.24) is 0 Å². The topological polar surface area (TPSA) is 74.6 Å². The van der Waals surface area contributed by atoms with Crippen molar-refractivity contribution in [3.8, 4) is 0 Å². The van der Waals surface area contributed by atoms with Gasteiger partial charge in [0.05, 0.1) is 10.8 Å². The van der Waals surface area contributed by atoms with Gasteiger partial charge in [-0.3, -0.25) is 21.7 Å². The van der Waals surface area contributed by atoms with Gasteiger partial charge in [-0.1, -0.05) is 0 Å². The molecule has 0 aromatic rings. The third-order valence-electron chi connectivity index (χ3n) is 2.45. The summed E-state index contributed by atoms with van der Waals surface area (Å²) < 4.78 is 0. The fourth-order valence-corrected chi connectivity index (χ4v) is 0.680. The van der Waals surface area contributed by atoms with Crippen LogP contribution in [-0.2, 0) is 28.8 Å². The van der Waals surface area contributed by atoms with Gasteiger partial charge in [0.2, 0.25) is 0 Å². The number of carboxylic acids is 2.